The molecule has 1 aliphatic heterocycles. The van der Waals surface area contributed by atoms with Crippen LogP contribution in [0.3, 0.4) is 0 Å². The van der Waals surface area contributed by atoms with Gasteiger partial charge in [0.05, 0.1) is 5.75 Å². The molecule has 5 heteroatoms. The van der Waals surface area contributed by atoms with Crippen LogP contribution in [0.2, 0.25) is 0 Å². The molecule has 1 atom stereocenters. The van der Waals surface area contributed by atoms with Gasteiger partial charge in [-0.1, -0.05) is 13.3 Å². The van der Waals surface area contributed by atoms with Gasteiger partial charge in [0, 0.05) is 12.1 Å². The van der Waals surface area contributed by atoms with Crippen molar-refractivity contribution in [2.75, 3.05) is 12.3 Å². The fourth-order valence-corrected chi connectivity index (χ4v) is 4.19. The predicted molar refractivity (Wildman–Crippen MR) is 69.4 cm³/mol. The first-order valence-electron chi connectivity index (χ1n) is 6.78. The first kappa shape index (κ1) is 13.3. The van der Waals surface area contributed by atoms with E-state index in [9.17, 15) is 8.42 Å². The normalized spacial score (nSPS) is 34.3. The zero-order valence-corrected chi connectivity index (χ0v) is 11.4. The van der Waals surface area contributed by atoms with E-state index in [1.54, 1.807) is 0 Å². The van der Waals surface area contributed by atoms with Gasteiger partial charge in [-0.3, -0.25) is 0 Å². The fraction of sp³-hybridized carbons (Fsp3) is 1.00. The maximum absolute atomic E-state index is 11.8. The molecule has 0 aromatic carbocycles. The SMILES string of the molecule is CC1CC(NS(=O)(=O)CCC2CCCCN2)C1. The van der Waals surface area contributed by atoms with Crippen LogP contribution in [0.4, 0.5) is 0 Å². The van der Waals surface area contributed by atoms with E-state index in [-0.39, 0.29) is 11.8 Å². The molecule has 1 aliphatic carbocycles. The first-order valence-corrected chi connectivity index (χ1v) is 8.44. The number of nitrogens with one attached hydrogen (secondary N) is 2. The van der Waals surface area contributed by atoms with Crippen LogP contribution in [0.1, 0.15) is 45.4 Å². The highest BCUT2D eigenvalue weighted by atomic mass is 32.2. The lowest BCUT2D eigenvalue weighted by Crippen LogP contribution is -2.45. The predicted octanol–water partition coefficient (Wildman–Crippen LogP) is 1.24. The van der Waals surface area contributed by atoms with Crippen molar-refractivity contribution in [1.82, 2.24) is 10.0 Å². The minimum atomic E-state index is -3.05. The Balaban J connectivity index is 1.69. The Kier molecular flexibility index (Phi) is 4.44. The van der Waals surface area contributed by atoms with Gasteiger partial charge < -0.3 is 5.32 Å². The summed E-state index contributed by atoms with van der Waals surface area (Å²) in [6, 6.07) is 0.606. The number of sulfonamides is 1. The molecule has 1 saturated heterocycles. The van der Waals surface area contributed by atoms with Crippen LogP contribution in [-0.4, -0.2) is 32.8 Å². The van der Waals surface area contributed by atoms with Crippen molar-refractivity contribution >= 4 is 10.0 Å². The Morgan fingerprint density at radius 2 is 2.06 bits per heavy atom. The maximum Gasteiger partial charge on any atom is 0.211 e. The summed E-state index contributed by atoms with van der Waals surface area (Å²) in [5.74, 6) is 0.956. The largest absolute Gasteiger partial charge is 0.314 e. The number of piperidine rings is 1. The molecule has 1 saturated carbocycles. The molecule has 17 heavy (non-hydrogen) atoms. The van der Waals surface area contributed by atoms with Crippen LogP contribution in [0, 0.1) is 5.92 Å². The van der Waals surface area contributed by atoms with Gasteiger partial charge >= 0.3 is 0 Å². The van der Waals surface area contributed by atoms with Crippen LogP contribution in [0.25, 0.3) is 0 Å². The Bertz CT molecular complexity index is 330. The summed E-state index contributed by atoms with van der Waals surface area (Å²) in [6.07, 6.45) is 6.32. The molecule has 4 nitrogen and oxygen atoms in total. The molecule has 0 aromatic rings. The van der Waals surface area contributed by atoms with Gasteiger partial charge in [0.1, 0.15) is 0 Å². The molecule has 0 spiro atoms. The summed E-state index contributed by atoms with van der Waals surface area (Å²) >= 11 is 0. The zero-order valence-electron chi connectivity index (χ0n) is 10.6. The monoisotopic (exact) mass is 260 g/mol. The van der Waals surface area contributed by atoms with Crippen molar-refractivity contribution in [3.8, 4) is 0 Å². The summed E-state index contributed by atoms with van der Waals surface area (Å²) in [5.41, 5.74) is 0. The van der Waals surface area contributed by atoms with Crippen molar-refractivity contribution in [1.29, 1.82) is 0 Å². The number of hydrogen-bond donors (Lipinski definition) is 2. The Morgan fingerprint density at radius 1 is 1.29 bits per heavy atom. The minimum Gasteiger partial charge on any atom is -0.314 e. The highest BCUT2D eigenvalue weighted by molar-refractivity contribution is 7.89. The summed E-state index contributed by atoms with van der Waals surface area (Å²) in [7, 11) is -3.05. The van der Waals surface area contributed by atoms with Crippen molar-refractivity contribution < 1.29 is 8.42 Å². The van der Waals surface area contributed by atoms with Gasteiger partial charge in [-0.2, -0.15) is 0 Å². The molecule has 0 amide bonds. The van der Waals surface area contributed by atoms with Crippen LogP contribution >= 0.6 is 0 Å². The third-order valence-corrected chi connectivity index (χ3v) is 5.33. The van der Waals surface area contributed by atoms with Crippen LogP contribution in [0.5, 0.6) is 0 Å². The average molecular weight is 260 g/mol. The Morgan fingerprint density at radius 3 is 2.65 bits per heavy atom. The zero-order chi connectivity index (χ0) is 12.3. The van der Waals surface area contributed by atoms with Crippen LogP contribution in [0.15, 0.2) is 0 Å². The van der Waals surface area contributed by atoms with Gasteiger partial charge in [0.15, 0.2) is 0 Å². The first-order chi connectivity index (χ1) is 8.05. The summed E-state index contributed by atoms with van der Waals surface area (Å²) < 4.78 is 26.5. The van der Waals surface area contributed by atoms with E-state index in [1.807, 2.05) is 0 Å². The second kappa shape index (κ2) is 5.67. The minimum absolute atomic E-state index is 0.203. The van der Waals surface area contributed by atoms with Gasteiger partial charge in [-0.25, -0.2) is 13.1 Å². The van der Waals surface area contributed by atoms with Gasteiger partial charge in [0.2, 0.25) is 10.0 Å². The number of hydrogen-bond acceptors (Lipinski definition) is 3. The number of rotatable bonds is 5. The molecule has 0 bridgehead atoms. The summed E-state index contributed by atoms with van der Waals surface area (Å²) in [4.78, 5) is 0. The van der Waals surface area contributed by atoms with E-state index in [1.165, 1.54) is 12.8 Å². The van der Waals surface area contributed by atoms with E-state index < -0.39 is 10.0 Å². The molecule has 2 aliphatic rings. The molecule has 0 radical (unpaired) electrons. The third-order valence-electron chi connectivity index (χ3n) is 3.87. The van der Waals surface area contributed by atoms with E-state index >= 15 is 0 Å². The quantitative estimate of drug-likeness (QED) is 0.782. The Hall–Kier alpha value is -0.130. The average Bonchev–Trinajstić information content (AvgIpc) is 2.26. The molecule has 1 unspecified atom stereocenters. The maximum atomic E-state index is 11.8. The van der Waals surface area contributed by atoms with E-state index in [2.05, 4.69) is 17.0 Å². The smallest absolute Gasteiger partial charge is 0.211 e. The highest BCUT2D eigenvalue weighted by Gasteiger charge is 2.29. The molecule has 2 N–H and O–H groups in total. The van der Waals surface area contributed by atoms with E-state index in [4.69, 9.17) is 0 Å². The van der Waals surface area contributed by atoms with Crippen LogP contribution in [-0.2, 0) is 10.0 Å². The van der Waals surface area contributed by atoms with E-state index in [0.29, 0.717) is 12.0 Å². The lowest BCUT2D eigenvalue weighted by Gasteiger charge is -2.33. The molecule has 2 rings (SSSR count). The van der Waals surface area contributed by atoms with Crippen molar-refractivity contribution in [2.45, 2.75) is 57.5 Å². The molecular weight excluding hydrogens is 236 g/mol. The third kappa shape index (κ3) is 4.23. The molecule has 2 fully saturated rings. The molecule has 0 aromatic heterocycles. The molecule has 100 valence electrons. The lowest BCUT2D eigenvalue weighted by atomic mass is 9.83. The van der Waals surface area contributed by atoms with Gasteiger partial charge in [0.25, 0.3) is 0 Å². The molecular formula is C12H24N2O2S. The second-order valence-electron chi connectivity index (χ2n) is 5.65. The highest BCUT2D eigenvalue weighted by Crippen LogP contribution is 2.26. The summed E-state index contributed by atoms with van der Waals surface area (Å²) in [6.45, 7) is 3.20. The van der Waals surface area contributed by atoms with Gasteiger partial charge in [-0.15, -0.1) is 0 Å². The van der Waals surface area contributed by atoms with Crippen molar-refractivity contribution in [3.63, 3.8) is 0 Å². The van der Waals surface area contributed by atoms with Gasteiger partial charge in [-0.05, 0) is 44.6 Å². The Labute approximate surface area is 105 Å². The standard InChI is InChI=1S/C12H24N2O2S/c1-10-8-12(9-10)14-17(15,16)7-5-11-4-2-3-6-13-11/h10-14H,2-9H2,1H3. The lowest BCUT2D eigenvalue weighted by molar-refractivity contribution is 0.270. The molecule has 1 heterocycles. The van der Waals surface area contributed by atoms with E-state index in [0.717, 1.165) is 32.2 Å². The fourth-order valence-electron chi connectivity index (χ4n) is 2.78. The second-order valence-corrected chi connectivity index (χ2v) is 7.52. The van der Waals surface area contributed by atoms with Crippen molar-refractivity contribution in [3.05, 3.63) is 0 Å². The van der Waals surface area contributed by atoms with Crippen molar-refractivity contribution in [2.24, 2.45) is 5.92 Å². The topological polar surface area (TPSA) is 58.2 Å². The van der Waals surface area contributed by atoms with Crippen LogP contribution < -0.4 is 10.0 Å². The summed E-state index contributed by atoms with van der Waals surface area (Å²) in [5, 5.41) is 3.39.